The van der Waals surface area contributed by atoms with Crippen molar-refractivity contribution in [1.82, 2.24) is 10.4 Å². The maximum Gasteiger partial charge on any atom is 0.0575 e. The molecule has 4 heteroatoms. The predicted octanol–water partition coefficient (Wildman–Crippen LogP) is 2.18. The lowest BCUT2D eigenvalue weighted by Crippen LogP contribution is -2.64. The van der Waals surface area contributed by atoms with Crippen molar-refractivity contribution >= 4 is 0 Å². The Kier molecular flexibility index (Phi) is 5.41. The number of nitrogens with zero attached hydrogens (tertiary/aromatic N) is 1. The lowest BCUT2D eigenvalue weighted by Gasteiger charge is -2.54. The molecular weight excluding hydrogens is 240 g/mol. The second-order valence-corrected chi connectivity index (χ2v) is 7.32. The van der Waals surface area contributed by atoms with Crippen molar-refractivity contribution in [2.45, 2.75) is 77.5 Å². The van der Waals surface area contributed by atoms with Crippen LogP contribution in [0.4, 0.5) is 0 Å². The summed E-state index contributed by atoms with van der Waals surface area (Å²) >= 11 is 0. The number of hydrogen-bond acceptors (Lipinski definition) is 4. The number of piperidine rings is 1. The van der Waals surface area contributed by atoms with Crippen LogP contribution < -0.4 is 5.32 Å². The van der Waals surface area contributed by atoms with Crippen molar-refractivity contribution in [3.05, 3.63) is 0 Å². The molecule has 19 heavy (non-hydrogen) atoms. The summed E-state index contributed by atoms with van der Waals surface area (Å²) in [4.78, 5) is 5.61. The first-order chi connectivity index (χ1) is 8.64. The number of aliphatic hydroxyl groups is 1. The second-order valence-electron chi connectivity index (χ2n) is 7.32. The van der Waals surface area contributed by atoms with Gasteiger partial charge in [0.1, 0.15) is 0 Å². The van der Waals surface area contributed by atoms with Crippen LogP contribution in [-0.2, 0) is 4.84 Å². The zero-order chi connectivity index (χ0) is 14.8. The third-order valence-electron chi connectivity index (χ3n) is 4.41. The predicted molar refractivity (Wildman–Crippen MR) is 78.9 cm³/mol. The van der Waals surface area contributed by atoms with Crippen LogP contribution in [0.15, 0.2) is 0 Å². The van der Waals surface area contributed by atoms with E-state index in [1.54, 1.807) is 7.11 Å². The Bertz CT molecular complexity index is 274. The smallest absolute Gasteiger partial charge is 0.0575 e. The molecule has 1 aliphatic heterocycles. The monoisotopic (exact) mass is 272 g/mol. The lowest BCUT2D eigenvalue weighted by atomic mass is 9.78. The van der Waals surface area contributed by atoms with E-state index in [9.17, 15) is 5.11 Å². The molecule has 1 fully saturated rings. The molecule has 1 saturated heterocycles. The average Bonchev–Trinajstić information content (AvgIpc) is 2.24. The third-order valence-corrected chi connectivity index (χ3v) is 4.41. The molecule has 1 rings (SSSR count). The quantitative estimate of drug-likeness (QED) is 0.805. The van der Waals surface area contributed by atoms with Crippen molar-refractivity contribution in [3.8, 4) is 0 Å². The van der Waals surface area contributed by atoms with E-state index in [-0.39, 0.29) is 23.6 Å². The second kappa shape index (κ2) is 6.08. The van der Waals surface area contributed by atoms with Gasteiger partial charge in [-0.2, -0.15) is 5.06 Å². The van der Waals surface area contributed by atoms with Crippen LogP contribution in [-0.4, -0.2) is 47.0 Å². The van der Waals surface area contributed by atoms with E-state index in [1.807, 2.05) is 0 Å². The third kappa shape index (κ3) is 3.91. The molecule has 0 saturated carbocycles. The van der Waals surface area contributed by atoms with E-state index in [0.717, 1.165) is 12.8 Å². The molecule has 0 aliphatic carbocycles. The van der Waals surface area contributed by atoms with Crippen LogP contribution in [0.5, 0.6) is 0 Å². The van der Waals surface area contributed by atoms with Gasteiger partial charge in [-0.05, 0) is 53.4 Å². The van der Waals surface area contributed by atoms with Crippen molar-refractivity contribution in [2.24, 2.45) is 5.92 Å². The molecule has 0 spiro atoms. The molecule has 1 aliphatic rings. The number of hydroxylamine groups is 2. The highest BCUT2D eigenvalue weighted by atomic mass is 16.7. The van der Waals surface area contributed by atoms with E-state index in [2.05, 4.69) is 51.9 Å². The number of nitrogens with one attached hydrogen (secondary N) is 1. The average molecular weight is 272 g/mol. The first-order valence-electron chi connectivity index (χ1n) is 7.35. The first-order valence-corrected chi connectivity index (χ1v) is 7.35. The minimum Gasteiger partial charge on any atom is -0.396 e. The maximum atomic E-state index is 9.25. The molecule has 0 amide bonds. The van der Waals surface area contributed by atoms with Gasteiger partial charge in [0.25, 0.3) is 0 Å². The zero-order valence-corrected chi connectivity index (χ0v) is 13.7. The summed E-state index contributed by atoms with van der Waals surface area (Å²) in [5, 5.41) is 15.1. The van der Waals surface area contributed by atoms with Gasteiger partial charge in [-0.1, -0.05) is 6.92 Å². The van der Waals surface area contributed by atoms with Crippen LogP contribution in [0.25, 0.3) is 0 Å². The Balaban J connectivity index is 2.74. The van der Waals surface area contributed by atoms with E-state index < -0.39 is 0 Å². The molecule has 114 valence electrons. The maximum absolute atomic E-state index is 9.25. The van der Waals surface area contributed by atoms with Gasteiger partial charge in [-0.15, -0.1) is 0 Å². The molecule has 0 aromatic heterocycles. The van der Waals surface area contributed by atoms with Crippen LogP contribution in [0.3, 0.4) is 0 Å². The fourth-order valence-corrected chi connectivity index (χ4v) is 3.57. The van der Waals surface area contributed by atoms with Crippen LogP contribution in [0, 0.1) is 5.92 Å². The van der Waals surface area contributed by atoms with Crippen molar-refractivity contribution in [2.75, 3.05) is 13.7 Å². The molecule has 2 atom stereocenters. The highest BCUT2D eigenvalue weighted by Crippen LogP contribution is 2.38. The Morgan fingerprint density at radius 2 is 1.68 bits per heavy atom. The van der Waals surface area contributed by atoms with Gasteiger partial charge in [0.05, 0.1) is 7.11 Å². The van der Waals surface area contributed by atoms with Crippen LogP contribution in [0.2, 0.25) is 0 Å². The Hall–Kier alpha value is -0.160. The SMILES string of the molecule is CON1C(C)(C)CC(NC(C)C(C)CO)CC1(C)C. The minimum atomic E-state index is 0.0103. The number of rotatable bonds is 5. The van der Waals surface area contributed by atoms with Crippen molar-refractivity contribution < 1.29 is 9.94 Å². The fraction of sp³-hybridized carbons (Fsp3) is 1.00. The van der Waals surface area contributed by atoms with E-state index in [1.165, 1.54) is 0 Å². The minimum absolute atomic E-state index is 0.0103. The fourth-order valence-electron chi connectivity index (χ4n) is 3.57. The van der Waals surface area contributed by atoms with Crippen LogP contribution >= 0.6 is 0 Å². The highest BCUT2D eigenvalue weighted by Gasteiger charge is 2.46. The standard InChI is InChI=1S/C15H32N2O2/c1-11(10-18)12(2)16-13-8-14(3,4)17(19-7)15(5,6)9-13/h11-13,16,18H,8-10H2,1-7H3. The summed E-state index contributed by atoms with van der Waals surface area (Å²) in [6.45, 7) is 13.4. The van der Waals surface area contributed by atoms with Crippen molar-refractivity contribution in [3.63, 3.8) is 0 Å². The lowest BCUT2D eigenvalue weighted by molar-refractivity contribution is -0.267. The number of aliphatic hydroxyl groups excluding tert-OH is 1. The van der Waals surface area contributed by atoms with E-state index >= 15 is 0 Å². The normalized spacial score (nSPS) is 27.2. The van der Waals surface area contributed by atoms with Gasteiger partial charge in [-0.3, -0.25) is 0 Å². The zero-order valence-electron chi connectivity index (χ0n) is 13.7. The van der Waals surface area contributed by atoms with Gasteiger partial charge < -0.3 is 15.3 Å². The van der Waals surface area contributed by atoms with Gasteiger partial charge in [0.15, 0.2) is 0 Å². The van der Waals surface area contributed by atoms with Gasteiger partial charge >= 0.3 is 0 Å². The topological polar surface area (TPSA) is 44.7 Å². The Morgan fingerprint density at radius 1 is 1.21 bits per heavy atom. The first kappa shape index (κ1) is 16.9. The molecule has 0 radical (unpaired) electrons. The van der Waals surface area contributed by atoms with Gasteiger partial charge in [0, 0.05) is 29.8 Å². The highest BCUT2D eigenvalue weighted by molar-refractivity contribution is 4.99. The van der Waals surface area contributed by atoms with E-state index in [4.69, 9.17) is 4.84 Å². The summed E-state index contributed by atoms with van der Waals surface area (Å²) in [5.74, 6) is 0.284. The molecular formula is C15H32N2O2. The summed E-state index contributed by atoms with van der Waals surface area (Å²) in [7, 11) is 1.76. The van der Waals surface area contributed by atoms with E-state index in [0.29, 0.717) is 12.1 Å². The molecule has 0 aromatic carbocycles. The summed E-state index contributed by atoms with van der Waals surface area (Å²) in [6, 6.07) is 0.788. The largest absolute Gasteiger partial charge is 0.396 e. The molecule has 2 unspecified atom stereocenters. The summed E-state index contributed by atoms with van der Waals surface area (Å²) in [6.07, 6.45) is 2.10. The Labute approximate surface area is 118 Å². The van der Waals surface area contributed by atoms with Crippen LogP contribution in [0.1, 0.15) is 54.4 Å². The van der Waals surface area contributed by atoms with Gasteiger partial charge in [0.2, 0.25) is 0 Å². The van der Waals surface area contributed by atoms with Crippen molar-refractivity contribution in [1.29, 1.82) is 0 Å². The molecule has 0 bridgehead atoms. The molecule has 2 N–H and O–H groups in total. The number of hydrogen-bond donors (Lipinski definition) is 2. The molecule has 1 heterocycles. The summed E-state index contributed by atoms with van der Waals surface area (Å²) < 4.78 is 0. The summed E-state index contributed by atoms with van der Waals surface area (Å²) in [5.41, 5.74) is 0.0205. The molecule has 4 nitrogen and oxygen atoms in total. The molecule has 0 aromatic rings. The Morgan fingerprint density at radius 3 is 2.05 bits per heavy atom. The van der Waals surface area contributed by atoms with Gasteiger partial charge in [-0.25, -0.2) is 0 Å².